The standard InChI is InChI=1S/C13H20F3N3O5S/c1-25(23,24)19-4-2-3-8(19)5-17-12(22)18-6-9(11(20)21)10(7-18)13(14,15)16/h8-10H,2-7H2,1H3,(H,17,22)(H,20,21)/t8-,9-,10-/m1/s1. The molecule has 0 aromatic carbocycles. The molecule has 2 aliphatic heterocycles. The molecule has 2 aliphatic rings. The minimum Gasteiger partial charge on any atom is -0.481 e. The van der Waals surface area contributed by atoms with E-state index in [0.29, 0.717) is 19.4 Å². The van der Waals surface area contributed by atoms with E-state index in [1.165, 1.54) is 4.31 Å². The van der Waals surface area contributed by atoms with Crippen LogP contribution in [-0.2, 0) is 14.8 Å². The van der Waals surface area contributed by atoms with Crippen LogP contribution in [-0.4, -0.2) is 79.4 Å². The average molecular weight is 387 g/mol. The first-order valence-corrected chi connectivity index (χ1v) is 9.55. The largest absolute Gasteiger partial charge is 0.481 e. The minimum atomic E-state index is -4.71. The molecule has 0 bridgehead atoms. The molecule has 144 valence electrons. The molecule has 0 spiro atoms. The van der Waals surface area contributed by atoms with Crippen molar-refractivity contribution < 1.29 is 36.3 Å². The van der Waals surface area contributed by atoms with Crippen molar-refractivity contribution in [1.29, 1.82) is 0 Å². The number of urea groups is 1. The van der Waals surface area contributed by atoms with Gasteiger partial charge in [-0.1, -0.05) is 0 Å². The Bertz CT molecular complexity index is 639. The van der Waals surface area contributed by atoms with Crippen molar-refractivity contribution in [2.75, 3.05) is 32.4 Å². The van der Waals surface area contributed by atoms with Crippen LogP contribution in [0.25, 0.3) is 0 Å². The van der Waals surface area contributed by atoms with Gasteiger partial charge >= 0.3 is 18.2 Å². The number of amides is 2. The van der Waals surface area contributed by atoms with Crippen LogP contribution >= 0.6 is 0 Å². The van der Waals surface area contributed by atoms with Crippen molar-refractivity contribution in [2.45, 2.75) is 25.1 Å². The first kappa shape index (κ1) is 19.8. The summed E-state index contributed by atoms with van der Waals surface area (Å²) in [4.78, 5) is 23.9. The lowest BCUT2D eigenvalue weighted by Gasteiger charge is -2.24. The number of sulfonamides is 1. The third-order valence-corrected chi connectivity index (χ3v) is 5.92. The van der Waals surface area contributed by atoms with Crippen LogP contribution in [0.4, 0.5) is 18.0 Å². The van der Waals surface area contributed by atoms with E-state index in [1.807, 2.05) is 0 Å². The Morgan fingerprint density at radius 2 is 1.92 bits per heavy atom. The van der Waals surface area contributed by atoms with Crippen LogP contribution in [0.2, 0.25) is 0 Å². The zero-order valence-electron chi connectivity index (χ0n) is 13.5. The maximum absolute atomic E-state index is 12.9. The molecule has 0 unspecified atom stereocenters. The molecule has 2 saturated heterocycles. The molecule has 0 aromatic rings. The van der Waals surface area contributed by atoms with Crippen LogP contribution in [0.1, 0.15) is 12.8 Å². The van der Waals surface area contributed by atoms with Gasteiger partial charge in [0.2, 0.25) is 10.0 Å². The first-order valence-electron chi connectivity index (χ1n) is 7.70. The molecule has 2 N–H and O–H groups in total. The van der Waals surface area contributed by atoms with Crippen LogP contribution in [0.3, 0.4) is 0 Å². The van der Waals surface area contributed by atoms with Crippen LogP contribution < -0.4 is 5.32 Å². The summed E-state index contributed by atoms with van der Waals surface area (Å²) < 4.78 is 63.3. The number of rotatable bonds is 4. The molecule has 0 saturated carbocycles. The summed E-state index contributed by atoms with van der Waals surface area (Å²) in [5.41, 5.74) is 0. The van der Waals surface area contributed by atoms with Gasteiger partial charge in [-0.05, 0) is 12.8 Å². The fraction of sp³-hybridized carbons (Fsp3) is 0.846. The average Bonchev–Trinajstić information content (AvgIpc) is 3.10. The highest BCUT2D eigenvalue weighted by atomic mass is 32.2. The molecule has 8 nitrogen and oxygen atoms in total. The molecule has 25 heavy (non-hydrogen) atoms. The van der Waals surface area contributed by atoms with Gasteiger partial charge < -0.3 is 15.3 Å². The quantitative estimate of drug-likeness (QED) is 0.722. The molecule has 0 aliphatic carbocycles. The molecule has 2 fully saturated rings. The number of carbonyl (C=O) groups is 2. The van der Waals surface area contributed by atoms with Crippen LogP contribution in [0, 0.1) is 11.8 Å². The van der Waals surface area contributed by atoms with Gasteiger partial charge in [-0.15, -0.1) is 0 Å². The second-order valence-corrected chi connectivity index (χ2v) is 8.29. The summed E-state index contributed by atoms with van der Waals surface area (Å²) in [6, 6.07) is -1.27. The summed E-state index contributed by atoms with van der Waals surface area (Å²) in [5.74, 6) is -5.42. The maximum Gasteiger partial charge on any atom is 0.394 e. The number of hydrogen-bond donors (Lipinski definition) is 2. The summed E-state index contributed by atoms with van der Waals surface area (Å²) in [6.45, 7) is -0.963. The number of halogens is 3. The smallest absolute Gasteiger partial charge is 0.394 e. The number of carbonyl (C=O) groups excluding carboxylic acids is 1. The summed E-state index contributed by atoms with van der Waals surface area (Å²) in [5, 5.41) is 11.4. The lowest BCUT2D eigenvalue weighted by Crippen LogP contribution is -2.46. The van der Waals surface area contributed by atoms with Crippen molar-refractivity contribution in [3.8, 4) is 0 Å². The first-order chi connectivity index (χ1) is 11.4. The summed E-state index contributed by atoms with van der Waals surface area (Å²) >= 11 is 0. The maximum atomic E-state index is 12.9. The van der Waals surface area contributed by atoms with Gasteiger partial charge in [0.25, 0.3) is 0 Å². The minimum absolute atomic E-state index is 0.0309. The van der Waals surface area contributed by atoms with Gasteiger partial charge in [-0.25, -0.2) is 13.2 Å². The van der Waals surface area contributed by atoms with E-state index in [4.69, 9.17) is 5.11 Å². The zero-order chi connectivity index (χ0) is 19.0. The highest BCUT2D eigenvalue weighted by Gasteiger charge is 2.53. The molecular formula is C13H20F3N3O5S. The Hall–Kier alpha value is -1.56. The topological polar surface area (TPSA) is 107 Å². The fourth-order valence-corrected chi connectivity index (χ4v) is 4.50. The van der Waals surface area contributed by atoms with Crippen molar-refractivity contribution in [2.24, 2.45) is 11.8 Å². The van der Waals surface area contributed by atoms with Gasteiger partial charge in [0.1, 0.15) is 0 Å². The van der Waals surface area contributed by atoms with E-state index < -0.39 is 59.2 Å². The molecule has 0 radical (unpaired) electrons. The second kappa shape index (κ2) is 6.98. The highest BCUT2D eigenvalue weighted by Crippen LogP contribution is 2.37. The lowest BCUT2D eigenvalue weighted by atomic mass is 9.96. The third-order valence-electron chi connectivity index (χ3n) is 4.58. The summed E-state index contributed by atoms with van der Waals surface area (Å²) in [6.07, 6.45) is -2.49. The molecule has 3 atom stereocenters. The Balaban J connectivity index is 1.96. The van der Waals surface area contributed by atoms with E-state index in [2.05, 4.69) is 5.32 Å². The predicted molar refractivity (Wildman–Crippen MR) is 80.2 cm³/mol. The molecule has 0 aromatic heterocycles. The van der Waals surface area contributed by atoms with E-state index >= 15 is 0 Å². The Morgan fingerprint density at radius 1 is 1.28 bits per heavy atom. The zero-order valence-corrected chi connectivity index (χ0v) is 14.3. The van der Waals surface area contributed by atoms with Crippen molar-refractivity contribution in [3.63, 3.8) is 0 Å². The SMILES string of the molecule is CS(=O)(=O)N1CCC[C@@H]1CNC(=O)N1C[C@@H](C(F)(F)F)[C@H](C(=O)O)C1. The Kier molecular flexibility index (Phi) is 5.52. The number of hydrogen-bond acceptors (Lipinski definition) is 4. The molecule has 2 heterocycles. The van der Waals surface area contributed by atoms with Gasteiger partial charge in [0.05, 0.1) is 18.1 Å². The number of alkyl halides is 3. The van der Waals surface area contributed by atoms with Crippen molar-refractivity contribution >= 4 is 22.0 Å². The second-order valence-electron chi connectivity index (χ2n) is 6.35. The van der Waals surface area contributed by atoms with Crippen molar-refractivity contribution in [1.82, 2.24) is 14.5 Å². The third kappa shape index (κ3) is 4.54. The van der Waals surface area contributed by atoms with Gasteiger partial charge in [-0.3, -0.25) is 4.79 Å². The van der Waals surface area contributed by atoms with Crippen LogP contribution in [0.15, 0.2) is 0 Å². The monoisotopic (exact) mass is 387 g/mol. The van der Waals surface area contributed by atoms with Crippen molar-refractivity contribution in [3.05, 3.63) is 0 Å². The molecule has 2 amide bonds. The highest BCUT2D eigenvalue weighted by molar-refractivity contribution is 7.88. The van der Waals surface area contributed by atoms with E-state index in [1.54, 1.807) is 0 Å². The lowest BCUT2D eigenvalue weighted by molar-refractivity contribution is -0.187. The number of carboxylic acid groups (broad SMARTS) is 1. The number of carboxylic acids is 1. The number of nitrogens with one attached hydrogen (secondary N) is 1. The van der Waals surface area contributed by atoms with Crippen LogP contribution in [0.5, 0.6) is 0 Å². The fourth-order valence-electron chi connectivity index (χ4n) is 3.32. The normalized spacial score (nSPS) is 28.3. The number of likely N-dealkylation sites (tertiary alicyclic amines) is 1. The number of aliphatic carboxylic acids is 1. The Morgan fingerprint density at radius 3 is 2.40 bits per heavy atom. The Labute approximate surface area is 143 Å². The van der Waals surface area contributed by atoms with E-state index in [0.717, 1.165) is 11.2 Å². The van der Waals surface area contributed by atoms with Gasteiger partial charge in [-0.2, -0.15) is 17.5 Å². The molecular weight excluding hydrogens is 367 g/mol. The number of nitrogens with zero attached hydrogens (tertiary/aromatic N) is 2. The van der Waals surface area contributed by atoms with Gasteiger partial charge in [0, 0.05) is 32.2 Å². The van der Waals surface area contributed by atoms with Gasteiger partial charge in [0.15, 0.2) is 0 Å². The molecule has 2 rings (SSSR count). The van der Waals surface area contributed by atoms with E-state index in [-0.39, 0.29) is 6.54 Å². The van der Waals surface area contributed by atoms with E-state index in [9.17, 15) is 31.2 Å². The molecule has 12 heteroatoms. The summed E-state index contributed by atoms with van der Waals surface area (Å²) in [7, 11) is -3.42. The predicted octanol–water partition coefficient (Wildman–Crippen LogP) is 0.315.